The summed E-state index contributed by atoms with van der Waals surface area (Å²) in [6, 6.07) is 8.34. The van der Waals surface area contributed by atoms with Crippen molar-refractivity contribution in [3.05, 3.63) is 28.7 Å². The highest BCUT2D eigenvalue weighted by molar-refractivity contribution is 9.10. The summed E-state index contributed by atoms with van der Waals surface area (Å²) < 4.78 is 6.63. The molecule has 82 valence electrons. The highest BCUT2D eigenvalue weighted by atomic mass is 79.9. The zero-order valence-electron chi connectivity index (χ0n) is 8.53. The molecule has 3 nitrogen and oxygen atoms in total. The van der Waals surface area contributed by atoms with Gasteiger partial charge in [0.1, 0.15) is 0 Å². The van der Waals surface area contributed by atoms with Crippen molar-refractivity contribution in [2.45, 2.75) is 6.10 Å². The maximum atomic E-state index is 5.61. The Balaban J connectivity index is 2.06. The summed E-state index contributed by atoms with van der Waals surface area (Å²) >= 11 is 3.43. The molecule has 0 amide bonds. The molecule has 1 saturated heterocycles. The second-order valence-corrected chi connectivity index (χ2v) is 4.57. The first-order valence-corrected chi connectivity index (χ1v) is 5.91. The van der Waals surface area contributed by atoms with E-state index in [-0.39, 0.29) is 6.10 Å². The SMILES string of the molecule is NC[C@@H]1CN(c2ccc(Br)cc2)CCO1. The highest BCUT2D eigenvalue weighted by Crippen LogP contribution is 2.20. The van der Waals surface area contributed by atoms with Crippen LogP contribution in [0.3, 0.4) is 0 Å². The van der Waals surface area contributed by atoms with Crippen LogP contribution in [-0.2, 0) is 4.74 Å². The van der Waals surface area contributed by atoms with Gasteiger partial charge in [-0.25, -0.2) is 0 Å². The first-order valence-electron chi connectivity index (χ1n) is 5.12. The molecule has 2 rings (SSSR count). The number of benzene rings is 1. The van der Waals surface area contributed by atoms with Crippen molar-refractivity contribution < 1.29 is 4.74 Å². The summed E-state index contributed by atoms with van der Waals surface area (Å²) in [6.45, 7) is 3.18. The Hall–Kier alpha value is -0.580. The van der Waals surface area contributed by atoms with Crippen LogP contribution in [-0.4, -0.2) is 32.3 Å². The van der Waals surface area contributed by atoms with Gasteiger partial charge in [0.15, 0.2) is 0 Å². The largest absolute Gasteiger partial charge is 0.373 e. The Labute approximate surface area is 98.3 Å². The van der Waals surface area contributed by atoms with E-state index >= 15 is 0 Å². The molecule has 1 aromatic rings. The summed E-state index contributed by atoms with van der Waals surface area (Å²) in [6.07, 6.45) is 0.169. The van der Waals surface area contributed by atoms with E-state index in [0.29, 0.717) is 6.54 Å². The Morgan fingerprint density at radius 2 is 2.13 bits per heavy atom. The summed E-state index contributed by atoms with van der Waals surface area (Å²) in [5, 5.41) is 0. The van der Waals surface area contributed by atoms with Gasteiger partial charge in [-0.2, -0.15) is 0 Å². The van der Waals surface area contributed by atoms with Crippen molar-refractivity contribution in [3.8, 4) is 0 Å². The molecule has 15 heavy (non-hydrogen) atoms. The van der Waals surface area contributed by atoms with Gasteiger partial charge in [-0.15, -0.1) is 0 Å². The molecular formula is C11H15BrN2O. The zero-order valence-corrected chi connectivity index (χ0v) is 10.1. The van der Waals surface area contributed by atoms with Gasteiger partial charge in [0.05, 0.1) is 12.7 Å². The zero-order chi connectivity index (χ0) is 10.7. The van der Waals surface area contributed by atoms with Crippen LogP contribution in [0.4, 0.5) is 5.69 Å². The van der Waals surface area contributed by atoms with E-state index in [1.165, 1.54) is 5.69 Å². The number of nitrogens with two attached hydrogens (primary N) is 1. The summed E-state index contributed by atoms with van der Waals surface area (Å²) in [7, 11) is 0. The molecule has 1 atom stereocenters. The van der Waals surface area contributed by atoms with Gasteiger partial charge < -0.3 is 15.4 Å². The van der Waals surface area contributed by atoms with E-state index in [4.69, 9.17) is 10.5 Å². The smallest absolute Gasteiger partial charge is 0.0872 e. The van der Waals surface area contributed by atoms with E-state index < -0.39 is 0 Å². The van der Waals surface area contributed by atoms with Crippen LogP contribution < -0.4 is 10.6 Å². The fraction of sp³-hybridized carbons (Fsp3) is 0.455. The third kappa shape index (κ3) is 2.71. The molecule has 1 aliphatic heterocycles. The molecule has 0 spiro atoms. The van der Waals surface area contributed by atoms with Crippen molar-refractivity contribution in [2.75, 3.05) is 31.1 Å². The van der Waals surface area contributed by atoms with Gasteiger partial charge in [0.2, 0.25) is 0 Å². The number of nitrogens with zero attached hydrogens (tertiary/aromatic N) is 1. The molecule has 2 N–H and O–H groups in total. The second kappa shape index (κ2) is 4.96. The summed E-state index contributed by atoms with van der Waals surface area (Å²) in [5.41, 5.74) is 6.84. The number of halogens is 1. The predicted molar refractivity (Wildman–Crippen MR) is 65.1 cm³/mol. The van der Waals surface area contributed by atoms with Crippen LogP contribution in [0, 0.1) is 0 Å². The van der Waals surface area contributed by atoms with Gasteiger partial charge in [-0.3, -0.25) is 0 Å². The third-order valence-electron chi connectivity index (χ3n) is 2.59. The van der Waals surface area contributed by atoms with Crippen LogP contribution >= 0.6 is 15.9 Å². The molecule has 1 heterocycles. The monoisotopic (exact) mass is 270 g/mol. The van der Waals surface area contributed by atoms with Crippen molar-refractivity contribution >= 4 is 21.6 Å². The lowest BCUT2D eigenvalue weighted by atomic mass is 10.2. The third-order valence-corrected chi connectivity index (χ3v) is 3.12. The summed E-state index contributed by atoms with van der Waals surface area (Å²) in [4.78, 5) is 2.31. The van der Waals surface area contributed by atoms with Crippen molar-refractivity contribution in [3.63, 3.8) is 0 Å². The Bertz CT molecular complexity index is 315. The van der Waals surface area contributed by atoms with E-state index in [0.717, 1.165) is 24.2 Å². The maximum Gasteiger partial charge on any atom is 0.0872 e. The van der Waals surface area contributed by atoms with Crippen LogP contribution in [0.1, 0.15) is 0 Å². The number of rotatable bonds is 2. The minimum Gasteiger partial charge on any atom is -0.373 e. The summed E-state index contributed by atoms with van der Waals surface area (Å²) in [5.74, 6) is 0. The molecule has 1 fully saturated rings. The van der Waals surface area contributed by atoms with Gasteiger partial charge in [-0.05, 0) is 24.3 Å². The van der Waals surface area contributed by atoms with Gasteiger partial charge in [-0.1, -0.05) is 15.9 Å². The van der Waals surface area contributed by atoms with Crippen LogP contribution in [0.25, 0.3) is 0 Å². The normalized spacial score (nSPS) is 21.7. The van der Waals surface area contributed by atoms with E-state index in [2.05, 4.69) is 45.1 Å². The maximum absolute atomic E-state index is 5.61. The molecule has 1 aliphatic rings. The number of ether oxygens (including phenoxy) is 1. The van der Waals surface area contributed by atoms with Gasteiger partial charge in [0.25, 0.3) is 0 Å². The molecule has 1 aromatic carbocycles. The minimum atomic E-state index is 0.169. The number of hydrogen-bond donors (Lipinski definition) is 1. The Morgan fingerprint density at radius 3 is 2.80 bits per heavy atom. The van der Waals surface area contributed by atoms with Crippen LogP contribution in [0.2, 0.25) is 0 Å². The second-order valence-electron chi connectivity index (χ2n) is 3.65. The highest BCUT2D eigenvalue weighted by Gasteiger charge is 2.18. The first-order chi connectivity index (χ1) is 7.29. The topological polar surface area (TPSA) is 38.5 Å². The van der Waals surface area contributed by atoms with Crippen molar-refractivity contribution in [2.24, 2.45) is 5.73 Å². The van der Waals surface area contributed by atoms with Crippen molar-refractivity contribution in [1.29, 1.82) is 0 Å². The first kappa shape index (κ1) is 10.9. The minimum absolute atomic E-state index is 0.169. The Morgan fingerprint density at radius 1 is 1.40 bits per heavy atom. The predicted octanol–water partition coefficient (Wildman–Crippen LogP) is 1.61. The van der Waals surface area contributed by atoms with Crippen LogP contribution in [0.5, 0.6) is 0 Å². The lowest BCUT2D eigenvalue weighted by Crippen LogP contribution is -2.45. The molecule has 0 bridgehead atoms. The lowest BCUT2D eigenvalue weighted by molar-refractivity contribution is 0.0466. The Kier molecular flexibility index (Phi) is 3.61. The molecular weight excluding hydrogens is 256 g/mol. The quantitative estimate of drug-likeness (QED) is 0.888. The lowest BCUT2D eigenvalue weighted by Gasteiger charge is -2.34. The van der Waals surface area contributed by atoms with E-state index in [1.807, 2.05) is 0 Å². The molecule has 4 heteroatoms. The fourth-order valence-electron chi connectivity index (χ4n) is 1.75. The van der Waals surface area contributed by atoms with E-state index in [1.54, 1.807) is 0 Å². The van der Waals surface area contributed by atoms with Crippen LogP contribution in [0.15, 0.2) is 28.7 Å². The van der Waals surface area contributed by atoms with Gasteiger partial charge >= 0.3 is 0 Å². The number of anilines is 1. The molecule has 0 saturated carbocycles. The molecule has 0 aliphatic carbocycles. The van der Waals surface area contributed by atoms with E-state index in [9.17, 15) is 0 Å². The number of hydrogen-bond acceptors (Lipinski definition) is 3. The van der Waals surface area contributed by atoms with Gasteiger partial charge in [0, 0.05) is 29.8 Å². The molecule has 0 aromatic heterocycles. The molecule has 0 unspecified atom stereocenters. The average Bonchev–Trinajstić information content (AvgIpc) is 2.30. The molecule has 0 radical (unpaired) electrons. The van der Waals surface area contributed by atoms with Crippen molar-refractivity contribution in [1.82, 2.24) is 0 Å². The average molecular weight is 271 g/mol. The fourth-order valence-corrected chi connectivity index (χ4v) is 2.01. The standard InChI is InChI=1S/C11H15BrN2O/c12-9-1-3-10(4-2-9)14-5-6-15-11(7-13)8-14/h1-4,11H,5-8,13H2/t11-/m1/s1. The number of morpholine rings is 1.